The molecule has 1 rings (SSSR count). The number of Topliss-reactive ketones (excluding diaryl/α,β-unsaturated/α-hetero) is 1. The highest BCUT2D eigenvalue weighted by molar-refractivity contribution is 5.93. The second kappa shape index (κ2) is 5.94. The Morgan fingerprint density at radius 3 is 2.28 bits per heavy atom. The molecule has 0 atom stereocenters. The van der Waals surface area contributed by atoms with Crippen molar-refractivity contribution >= 4 is 5.78 Å². The summed E-state index contributed by atoms with van der Waals surface area (Å²) in [5.41, 5.74) is 0.244. The summed E-state index contributed by atoms with van der Waals surface area (Å²) in [6, 6.07) is 0. The lowest BCUT2D eigenvalue weighted by Gasteiger charge is -2.17. The zero-order chi connectivity index (χ0) is 13.8. The maximum Gasteiger partial charge on any atom is 0.202 e. The molecule has 0 aromatic carbocycles. The van der Waals surface area contributed by atoms with E-state index in [1.54, 1.807) is 12.4 Å². The van der Waals surface area contributed by atoms with Gasteiger partial charge in [-0.05, 0) is 11.8 Å². The van der Waals surface area contributed by atoms with Crippen molar-refractivity contribution in [2.45, 2.75) is 41.0 Å². The third-order valence-corrected chi connectivity index (χ3v) is 2.49. The van der Waals surface area contributed by atoms with Crippen LogP contribution in [0.5, 0.6) is 5.75 Å². The number of aromatic nitrogens is 2. The van der Waals surface area contributed by atoms with Gasteiger partial charge >= 0.3 is 0 Å². The standard InChI is InChI=1S/C14H22N2O2/c1-10(2)12(17)13-15-8-11(9-16-13)18-7-6-14(3,4)5/h8-10H,6-7H2,1-5H3. The summed E-state index contributed by atoms with van der Waals surface area (Å²) in [5, 5.41) is 0. The molecule has 1 aromatic heterocycles. The fourth-order valence-electron chi connectivity index (χ4n) is 1.25. The van der Waals surface area contributed by atoms with E-state index in [1.807, 2.05) is 13.8 Å². The second-order valence-electron chi connectivity index (χ2n) is 5.92. The van der Waals surface area contributed by atoms with Crippen molar-refractivity contribution in [1.82, 2.24) is 9.97 Å². The lowest BCUT2D eigenvalue weighted by Crippen LogP contribution is -2.13. The van der Waals surface area contributed by atoms with Gasteiger partial charge in [0.15, 0.2) is 11.6 Å². The van der Waals surface area contributed by atoms with E-state index in [2.05, 4.69) is 30.7 Å². The lowest BCUT2D eigenvalue weighted by molar-refractivity contribution is 0.0928. The first kappa shape index (κ1) is 14.6. The van der Waals surface area contributed by atoms with E-state index in [9.17, 15) is 4.79 Å². The van der Waals surface area contributed by atoms with Crippen LogP contribution in [0.3, 0.4) is 0 Å². The predicted octanol–water partition coefficient (Wildman–Crippen LogP) is 3.13. The molecule has 1 aromatic rings. The van der Waals surface area contributed by atoms with Crippen LogP contribution < -0.4 is 4.74 Å². The van der Waals surface area contributed by atoms with Crippen molar-refractivity contribution in [3.63, 3.8) is 0 Å². The Morgan fingerprint density at radius 2 is 1.83 bits per heavy atom. The Balaban J connectivity index is 2.53. The molecule has 0 amide bonds. The molecule has 100 valence electrons. The summed E-state index contributed by atoms with van der Waals surface area (Å²) in [4.78, 5) is 19.7. The van der Waals surface area contributed by atoms with Gasteiger partial charge in [0.1, 0.15) is 0 Å². The van der Waals surface area contributed by atoms with Crippen LogP contribution in [0.2, 0.25) is 0 Å². The first-order valence-corrected chi connectivity index (χ1v) is 6.28. The van der Waals surface area contributed by atoms with Crippen molar-refractivity contribution in [3.8, 4) is 5.75 Å². The molecule has 18 heavy (non-hydrogen) atoms. The van der Waals surface area contributed by atoms with E-state index in [-0.39, 0.29) is 22.9 Å². The quantitative estimate of drug-likeness (QED) is 0.753. The first-order valence-electron chi connectivity index (χ1n) is 6.28. The number of hydrogen-bond acceptors (Lipinski definition) is 4. The Hall–Kier alpha value is -1.45. The van der Waals surface area contributed by atoms with Crippen LogP contribution in [0.15, 0.2) is 12.4 Å². The third kappa shape index (κ3) is 4.82. The maximum atomic E-state index is 11.6. The number of nitrogens with zero attached hydrogens (tertiary/aromatic N) is 2. The van der Waals surface area contributed by atoms with Gasteiger partial charge in [-0.15, -0.1) is 0 Å². The minimum Gasteiger partial charge on any atom is -0.490 e. The van der Waals surface area contributed by atoms with E-state index in [0.29, 0.717) is 12.4 Å². The third-order valence-electron chi connectivity index (χ3n) is 2.49. The monoisotopic (exact) mass is 250 g/mol. The molecule has 4 nitrogen and oxygen atoms in total. The zero-order valence-corrected chi connectivity index (χ0v) is 11.9. The van der Waals surface area contributed by atoms with E-state index < -0.39 is 0 Å². The summed E-state index contributed by atoms with van der Waals surface area (Å²) in [7, 11) is 0. The van der Waals surface area contributed by atoms with Crippen molar-refractivity contribution in [2.75, 3.05) is 6.61 Å². The molecule has 0 N–H and O–H groups in total. The Kier molecular flexibility index (Phi) is 4.82. The number of carbonyl (C=O) groups is 1. The molecule has 0 bridgehead atoms. The van der Waals surface area contributed by atoms with Gasteiger partial charge in [0, 0.05) is 5.92 Å². The van der Waals surface area contributed by atoms with E-state index in [4.69, 9.17) is 4.74 Å². The molecule has 0 fully saturated rings. The van der Waals surface area contributed by atoms with Gasteiger partial charge in [-0.25, -0.2) is 9.97 Å². The second-order valence-corrected chi connectivity index (χ2v) is 5.92. The molecule has 1 heterocycles. The minimum absolute atomic E-state index is 0.0451. The highest BCUT2D eigenvalue weighted by atomic mass is 16.5. The molecule has 0 spiro atoms. The molecule has 0 saturated heterocycles. The average molecular weight is 250 g/mol. The van der Waals surface area contributed by atoms with E-state index >= 15 is 0 Å². The van der Waals surface area contributed by atoms with Crippen LogP contribution in [0.1, 0.15) is 51.7 Å². The Morgan fingerprint density at radius 1 is 1.28 bits per heavy atom. The van der Waals surface area contributed by atoms with Gasteiger partial charge < -0.3 is 4.74 Å². The van der Waals surface area contributed by atoms with Crippen LogP contribution in [-0.4, -0.2) is 22.4 Å². The van der Waals surface area contributed by atoms with Crippen LogP contribution in [0, 0.1) is 11.3 Å². The number of ether oxygens (including phenoxy) is 1. The van der Waals surface area contributed by atoms with Gasteiger partial charge in [-0.3, -0.25) is 4.79 Å². The molecular formula is C14H22N2O2. The summed E-state index contributed by atoms with van der Waals surface area (Å²) in [6.45, 7) is 10.8. The van der Waals surface area contributed by atoms with Crippen molar-refractivity contribution in [1.29, 1.82) is 0 Å². The van der Waals surface area contributed by atoms with E-state index in [1.165, 1.54) is 0 Å². The largest absolute Gasteiger partial charge is 0.490 e. The van der Waals surface area contributed by atoms with Crippen molar-refractivity contribution < 1.29 is 9.53 Å². The fraction of sp³-hybridized carbons (Fsp3) is 0.643. The smallest absolute Gasteiger partial charge is 0.202 e. The molecule has 4 heteroatoms. The van der Waals surface area contributed by atoms with E-state index in [0.717, 1.165) is 6.42 Å². The zero-order valence-electron chi connectivity index (χ0n) is 11.9. The van der Waals surface area contributed by atoms with Gasteiger partial charge in [0.2, 0.25) is 5.78 Å². The molecule has 0 saturated carbocycles. The van der Waals surface area contributed by atoms with Gasteiger partial charge in [-0.1, -0.05) is 34.6 Å². The number of hydrogen-bond donors (Lipinski definition) is 0. The number of carbonyl (C=O) groups excluding carboxylic acids is 1. The van der Waals surface area contributed by atoms with Crippen LogP contribution in [-0.2, 0) is 0 Å². The minimum atomic E-state index is -0.0855. The first-order chi connectivity index (χ1) is 8.29. The Labute approximate surface area is 109 Å². The molecule has 0 radical (unpaired) electrons. The van der Waals surface area contributed by atoms with Gasteiger partial charge in [0.05, 0.1) is 19.0 Å². The van der Waals surface area contributed by atoms with Gasteiger partial charge in [0.25, 0.3) is 0 Å². The molecule has 0 aliphatic rings. The molecular weight excluding hydrogens is 228 g/mol. The summed E-state index contributed by atoms with van der Waals surface area (Å²) in [5.74, 6) is 0.738. The number of ketones is 1. The van der Waals surface area contributed by atoms with Gasteiger partial charge in [-0.2, -0.15) is 0 Å². The molecule has 0 unspecified atom stereocenters. The highest BCUT2D eigenvalue weighted by Gasteiger charge is 2.14. The molecule has 0 aliphatic carbocycles. The predicted molar refractivity (Wildman–Crippen MR) is 70.8 cm³/mol. The van der Waals surface area contributed by atoms with Crippen molar-refractivity contribution in [2.24, 2.45) is 11.3 Å². The van der Waals surface area contributed by atoms with Crippen LogP contribution in [0.25, 0.3) is 0 Å². The summed E-state index contributed by atoms with van der Waals surface area (Å²) >= 11 is 0. The highest BCUT2D eigenvalue weighted by Crippen LogP contribution is 2.19. The average Bonchev–Trinajstić information content (AvgIpc) is 2.27. The topological polar surface area (TPSA) is 52.1 Å². The SMILES string of the molecule is CC(C)C(=O)c1ncc(OCCC(C)(C)C)cn1. The maximum absolute atomic E-state index is 11.6. The summed E-state index contributed by atoms with van der Waals surface area (Å²) < 4.78 is 5.54. The lowest BCUT2D eigenvalue weighted by atomic mass is 9.93. The molecule has 0 aliphatic heterocycles. The van der Waals surface area contributed by atoms with Crippen molar-refractivity contribution in [3.05, 3.63) is 18.2 Å². The number of rotatable bonds is 5. The normalized spacial score (nSPS) is 11.7. The van der Waals surface area contributed by atoms with Crippen LogP contribution in [0.4, 0.5) is 0 Å². The fourth-order valence-corrected chi connectivity index (χ4v) is 1.25. The Bertz CT molecular complexity index is 391. The van der Waals surface area contributed by atoms with Crippen LogP contribution >= 0.6 is 0 Å². The summed E-state index contributed by atoms with van der Waals surface area (Å²) in [6.07, 6.45) is 4.08.